The zero-order chi connectivity index (χ0) is 10.0. The number of nitrogens with two attached hydrogens (primary N) is 1. The van der Waals surface area contributed by atoms with Crippen molar-refractivity contribution in [3.8, 4) is 0 Å². The Labute approximate surface area is 80.5 Å². The molecule has 1 aromatic carbocycles. The van der Waals surface area contributed by atoms with Crippen LogP contribution in [0.15, 0.2) is 12.1 Å². The number of benzene rings is 1. The van der Waals surface area contributed by atoms with Crippen molar-refractivity contribution >= 4 is 17.3 Å². The van der Waals surface area contributed by atoms with E-state index in [9.17, 15) is 10.1 Å². The molecule has 0 heterocycles. The van der Waals surface area contributed by atoms with E-state index < -0.39 is 4.92 Å². The Morgan fingerprint density at radius 1 is 1.62 bits per heavy atom. The Kier molecular flexibility index (Phi) is 2.85. The lowest BCUT2D eigenvalue weighted by atomic mass is 10.1. The summed E-state index contributed by atoms with van der Waals surface area (Å²) in [5.74, 6) is 0. The largest absolute Gasteiger partial charge is 0.326 e. The van der Waals surface area contributed by atoms with Gasteiger partial charge in [0.15, 0.2) is 0 Å². The molecule has 0 bridgehead atoms. The number of rotatable bonds is 2. The number of hydrogen-bond acceptors (Lipinski definition) is 3. The van der Waals surface area contributed by atoms with Crippen LogP contribution < -0.4 is 5.73 Å². The Bertz CT molecular complexity index is 352. The van der Waals surface area contributed by atoms with Crippen LogP contribution in [0.5, 0.6) is 0 Å². The molecule has 4 nitrogen and oxygen atoms in total. The van der Waals surface area contributed by atoms with Crippen molar-refractivity contribution in [3.05, 3.63) is 38.4 Å². The van der Waals surface area contributed by atoms with Crippen LogP contribution >= 0.6 is 11.6 Å². The molecule has 0 spiro atoms. The quantitative estimate of drug-likeness (QED) is 0.587. The van der Waals surface area contributed by atoms with E-state index in [1.807, 2.05) is 0 Å². The highest BCUT2D eigenvalue weighted by atomic mass is 35.5. The molecule has 0 saturated heterocycles. The normalized spacial score (nSPS) is 10.1. The van der Waals surface area contributed by atoms with Gasteiger partial charge in [0.05, 0.1) is 4.92 Å². The van der Waals surface area contributed by atoms with E-state index in [2.05, 4.69) is 0 Å². The SMILES string of the molecule is Cc1cc(Cl)cc(CN)c1[N+](=O)[O-]. The Hall–Kier alpha value is -1.13. The molecule has 70 valence electrons. The highest BCUT2D eigenvalue weighted by molar-refractivity contribution is 6.30. The molecular weight excluding hydrogens is 192 g/mol. The van der Waals surface area contributed by atoms with Gasteiger partial charge in [0.2, 0.25) is 0 Å². The number of nitro groups is 1. The zero-order valence-corrected chi connectivity index (χ0v) is 7.84. The first-order valence-electron chi connectivity index (χ1n) is 3.69. The summed E-state index contributed by atoms with van der Waals surface area (Å²) in [4.78, 5) is 10.2. The topological polar surface area (TPSA) is 69.2 Å². The van der Waals surface area contributed by atoms with Crippen molar-refractivity contribution in [2.45, 2.75) is 13.5 Å². The standard InChI is InChI=1S/C8H9ClN2O2/c1-5-2-7(9)3-6(4-10)8(5)11(12)13/h2-3H,4,10H2,1H3. The van der Waals surface area contributed by atoms with E-state index in [0.717, 1.165) is 0 Å². The van der Waals surface area contributed by atoms with E-state index in [1.165, 1.54) is 6.07 Å². The van der Waals surface area contributed by atoms with E-state index in [4.69, 9.17) is 17.3 Å². The summed E-state index contributed by atoms with van der Waals surface area (Å²) in [6.07, 6.45) is 0. The number of halogens is 1. The lowest BCUT2D eigenvalue weighted by Gasteiger charge is -2.03. The first-order chi connectivity index (χ1) is 6.06. The molecule has 0 aliphatic heterocycles. The molecule has 0 atom stereocenters. The lowest BCUT2D eigenvalue weighted by molar-refractivity contribution is -0.386. The molecule has 13 heavy (non-hydrogen) atoms. The van der Waals surface area contributed by atoms with Gasteiger partial charge in [0.25, 0.3) is 5.69 Å². The number of nitro benzene ring substituents is 1. The molecular formula is C8H9ClN2O2. The fourth-order valence-electron chi connectivity index (χ4n) is 1.22. The maximum atomic E-state index is 10.6. The van der Waals surface area contributed by atoms with Gasteiger partial charge in [-0.25, -0.2) is 0 Å². The van der Waals surface area contributed by atoms with Crippen LogP contribution in [0.25, 0.3) is 0 Å². The first-order valence-corrected chi connectivity index (χ1v) is 4.07. The lowest BCUT2D eigenvalue weighted by Crippen LogP contribution is -2.03. The molecule has 0 fully saturated rings. The van der Waals surface area contributed by atoms with Crippen molar-refractivity contribution in [3.63, 3.8) is 0 Å². The molecule has 0 aliphatic rings. The minimum atomic E-state index is -0.437. The second kappa shape index (κ2) is 3.72. The smallest absolute Gasteiger partial charge is 0.276 e. The summed E-state index contributed by atoms with van der Waals surface area (Å²) in [7, 11) is 0. The molecule has 1 aromatic rings. The summed E-state index contributed by atoms with van der Waals surface area (Å²) >= 11 is 5.73. The maximum absolute atomic E-state index is 10.6. The van der Waals surface area contributed by atoms with Crippen LogP contribution in [-0.2, 0) is 6.54 Å². The van der Waals surface area contributed by atoms with Crippen molar-refractivity contribution in [1.82, 2.24) is 0 Å². The molecule has 0 aliphatic carbocycles. The second-order valence-electron chi connectivity index (χ2n) is 2.69. The molecule has 0 saturated carbocycles. The van der Waals surface area contributed by atoms with Gasteiger partial charge >= 0.3 is 0 Å². The first kappa shape index (κ1) is 9.95. The van der Waals surface area contributed by atoms with Gasteiger partial charge in [-0.05, 0) is 19.1 Å². The molecule has 1 rings (SSSR count). The van der Waals surface area contributed by atoms with Crippen LogP contribution in [0.4, 0.5) is 5.69 Å². The van der Waals surface area contributed by atoms with Crippen molar-refractivity contribution in [2.24, 2.45) is 5.73 Å². The highest BCUT2D eigenvalue weighted by Gasteiger charge is 2.16. The van der Waals surface area contributed by atoms with Gasteiger partial charge in [-0.15, -0.1) is 0 Å². The van der Waals surface area contributed by atoms with Crippen LogP contribution in [0, 0.1) is 17.0 Å². The number of hydrogen-bond donors (Lipinski definition) is 1. The highest BCUT2D eigenvalue weighted by Crippen LogP contribution is 2.26. The van der Waals surface area contributed by atoms with E-state index in [0.29, 0.717) is 16.1 Å². The number of aryl methyl sites for hydroxylation is 1. The van der Waals surface area contributed by atoms with Gasteiger partial charge in [0.1, 0.15) is 0 Å². The summed E-state index contributed by atoms with van der Waals surface area (Å²) in [6, 6.07) is 3.07. The fraction of sp³-hybridized carbons (Fsp3) is 0.250. The second-order valence-corrected chi connectivity index (χ2v) is 3.13. The Morgan fingerprint density at radius 3 is 2.69 bits per heavy atom. The van der Waals surface area contributed by atoms with Crippen molar-refractivity contribution in [2.75, 3.05) is 0 Å². The molecule has 2 N–H and O–H groups in total. The molecule has 0 radical (unpaired) electrons. The average Bonchev–Trinajstić information content (AvgIpc) is 2.01. The van der Waals surface area contributed by atoms with Gasteiger partial charge in [0, 0.05) is 22.7 Å². The van der Waals surface area contributed by atoms with Crippen molar-refractivity contribution in [1.29, 1.82) is 0 Å². The predicted octanol–water partition coefficient (Wildman–Crippen LogP) is 2.02. The zero-order valence-electron chi connectivity index (χ0n) is 7.08. The van der Waals surface area contributed by atoms with Gasteiger partial charge in [-0.2, -0.15) is 0 Å². The maximum Gasteiger partial charge on any atom is 0.276 e. The van der Waals surface area contributed by atoms with Gasteiger partial charge in [-0.1, -0.05) is 11.6 Å². The fourth-order valence-corrected chi connectivity index (χ4v) is 1.52. The molecule has 0 amide bonds. The molecule has 5 heteroatoms. The summed E-state index contributed by atoms with van der Waals surface area (Å²) in [6.45, 7) is 1.76. The monoisotopic (exact) mass is 200 g/mol. The predicted molar refractivity (Wildman–Crippen MR) is 50.7 cm³/mol. The summed E-state index contributed by atoms with van der Waals surface area (Å²) in [5.41, 5.74) is 6.43. The van der Waals surface area contributed by atoms with Crippen molar-refractivity contribution < 1.29 is 4.92 Å². The van der Waals surface area contributed by atoms with Crippen LogP contribution in [0.2, 0.25) is 5.02 Å². The summed E-state index contributed by atoms with van der Waals surface area (Å²) < 4.78 is 0. The average molecular weight is 201 g/mol. The van der Waals surface area contributed by atoms with E-state index >= 15 is 0 Å². The van der Waals surface area contributed by atoms with Gasteiger partial charge < -0.3 is 5.73 Å². The molecule has 0 aromatic heterocycles. The minimum absolute atomic E-state index is 0.0619. The van der Waals surface area contributed by atoms with Crippen LogP contribution in [0.3, 0.4) is 0 Å². The van der Waals surface area contributed by atoms with E-state index in [1.54, 1.807) is 13.0 Å². The Morgan fingerprint density at radius 2 is 2.23 bits per heavy atom. The van der Waals surface area contributed by atoms with Gasteiger partial charge in [-0.3, -0.25) is 10.1 Å². The Balaban J connectivity index is 3.38. The summed E-state index contributed by atoms with van der Waals surface area (Å²) in [5, 5.41) is 11.1. The van der Waals surface area contributed by atoms with Crippen LogP contribution in [-0.4, -0.2) is 4.92 Å². The van der Waals surface area contributed by atoms with E-state index in [-0.39, 0.29) is 12.2 Å². The number of nitrogens with zero attached hydrogens (tertiary/aromatic N) is 1. The molecule has 0 unspecified atom stereocenters. The minimum Gasteiger partial charge on any atom is -0.326 e. The van der Waals surface area contributed by atoms with Crippen LogP contribution in [0.1, 0.15) is 11.1 Å². The third-order valence-electron chi connectivity index (χ3n) is 1.75. The third kappa shape index (κ3) is 1.96. The third-order valence-corrected chi connectivity index (χ3v) is 1.96.